The van der Waals surface area contributed by atoms with Crippen molar-refractivity contribution in [2.24, 2.45) is 5.73 Å². The Morgan fingerprint density at radius 3 is 2.77 bits per heavy atom. The van der Waals surface area contributed by atoms with E-state index in [-0.39, 0.29) is 0 Å². The van der Waals surface area contributed by atoms with Crippen molar-refractivity contribution in [3.8, 4) is 12.3 Å². The molecule has 0 fully saturated rings. The summed E-state index contributed by atoms with van der Waals surface area (Å²) in [5, 5.41) is 0. The summed E-state index contributed by atoms with van der Waals surface area (Å²) >= 11 is 0. The van der Waals surface area contributed by atoms with Crippen LogP contribution in [0.1, 0.15) is 5.69 Å². The van der Waals surface area contributed by atoms with Crippen molar-refractivity contribution in [3.63, 3.8) is 0 Å². The normalized spacial score (nSPS) is 9.31. The van der Waals surface area contributed by atoms with Crippen LogP contribution in [0.4, 0.5) is 5.82 Å². The zero-order chi connectivity index (χ0) is 9.68. The molecule has 2 N–H and O–H groups in total. The topological polar surface area (TPSA) is 55.0 Å². The molecular weight excluding hydrogens is 164 g/mol. The first-order valence-electron chi connectivity index (χ1n) is 3.93. The fourth-order valence-electron chi connectivity index (χ4n) is 0.868. The first kappa shape index (κ1) is 9.49. The van der Waals surface area contributed by atoms with Gasteiger partial charge in [0.05, 0.1) is 24.6 Å². The summed E-state index contributed by atoms with van der Waals surface area (Å²) in [6.07, 6.45) is 8.48. The lowest BCUT2D eigenvalue weighted by atomic mass is 10.4. The lowest BCUT2D eigenvalue weighted by molar-refractivity contribution is 0.929. The molecular formula is C9H12N4. The fourth-order valence-corrected chi connectivity index (χ4v) is 0.868. The molecule has 68 valence electrons. The van der Waals surface area contributed by atoms with Crippen LogP contribution >= 0.6 is 0 Å². The first-order chi connectivity index (χ1) is 6.27. The van der Waals surface area contributed by atoms with Crippen molar-refractivity contribution in [1.29, 1.82) is 0 Å². The second-order valence-corrected chi connectivity index (χ2v) is 2.63. The summed E-state index contributed by atoms with van der Waals surface area (Å²) in [6.45, 7) is 0.933. The van der Waals surface area contributed by atoms with E-state index < -0.39 is 0 Å². The number of nitrogens with two attached hydrogens (primary N) is 1. The van der Waals surface area contributed by atoms with Gasteiger partial charge in [-0.3, -0.25) is 4.98 Å². The third-order valence-electron chi connectivity index (χ3n) is 1.62. The van der Waals surface area contributed by atoms with Crippen molar-refractivity contribution in [1.82, 2.24) is 9.97 Å². The lowest BCUT2D eigenvalue weighted by Crippen LogP contribution is -2.18. The molecule has 0 amide bonds. The average Bonchev–Trinajstić information content (AvgIpc) is 2.18. The molecule has 1 aromatic heterocycles. The molecule has 0 atom stereocenters. The third kappa shape index (κ3) is 2.42. The minimum atomic E-state index is 0.409. The molecule has 0 radical (unpaired) electrons. The minimum Gasteiger partial charge on any atom is -0.347 e. The van der Waals surface area contributed by atoms with Gasteiger partial charge in [-0.25, -0.2) is 4.98 Å². The van der Waals surface area contributed by atoms with Gasteiger partial charge in [-0.2, -0.15) is 0 Å². The second kappa shape index (κ2) is 4.43. The smallest absolute Gasteiger partial charge is 0.147 e. The van der Waals surface area contributed by atoms with Gasteiger partial charge in [0.1, 0.15) is 5.82 Å². The van der Waals surface area contributed by atoms with Crippen molar-refractivity contribution >= 4 is 5.82 Å². The van der Waals surface area contributed by atoms with Crippen molar-refractivity contribution < 1.29 is 0 Å². The number of rotatable bonds is 3. The van der Waals surface area contributed by atoms with E-state index >= 15 is 0 Å². The highest BCUT2D eigenvalue weighted by Gasteiger charge is 2.00. The van der Waals surface area contributed by atoms with Gasteiger partial charge in [0.25, 0.3) is 0 Å². The van der Waals surface area contributed by atoms with Gasteiger partial charge in [0.2, 0.25) is 0 Å². The van der Waals surface area contributed by atoms with E-state index in [0.29, 0.717) is 13.1 Å². The predicted molar refractivity (Wildman–Crippen MR) is 52.0 cm³/mol. The number of aromatic nitrogens is 2. The van der Waals surface area contributed by atoms with Crippen LogP contribution in [-0.2, 0) is 6.54 Å². The number of anilines is 1. The quantitative estimate of drug-likeness (QED) is 0.659. The monoisotopic (exact) mass is 176 g/mol. The molecule has 0 aliphatic heterocycles. The molecule has 0 spiro atoms. The number of hydrogen-bond acceptors (Lipinski definition) is 4. The van der Waals surface area contributed by atoms with Crippen LogP contribution in [0.3, 0.4) is 0 Å². The Labute approximate surface area is 77.8 Å². The summed E-state index contributed by atoms with van der Waals surface area (Å²) < 4.78 is 0. The Kier molecular flexibility index (Phi) is 3.23. The van der Waals surface area contributed by atoms with Gasteiger partial charge in [0, 0.05) is 13.6 Å². The van der Waals surface area contributed by atoms with E-state index in [9.17, 15) is 0 Å². The molecule has 1 aromatic rings. The second-order valence-electron chi connectivity index (χ2n) is 2.63. The Bertz CT molecular complexity index is 298. The standard InChI is InChI=1S/C9H12N4/c1-3-4-13(2)9-7-11-8(5-10)6-12-9/h1,6-7H,4-5,10H2,2H3. The van der Waals surface area contributed by atoms with E-state index in [1.54, 1.807) is 12.4 Å². The van der Waals surface area contributed by atoms with E-state index in [1.165, 1.54) is 0 Å². The summed E-state index contributed by atoms with van der Waals surface area (Å²) in [6, 6.07) is 0. The van der Waals surface area contributed by atoms with Crippen LogP contribution in [-0.4, -0.2) is 23.6 Å². The average molecular weight is 176 g/mol. The van der Waals surface area contributed by atoms with E-state index in [0.717, 1.165) is 11.5 Å². The maximum atomic E-state index is 5.39. The Morgan fingerprint density at radius 1 is 1.54 bits per heavy atom. The lowest BCUT2D eigenvalue weighted by Gasteiger charge is -2.13. The van der Waals surface area contributed by atoms with Crippen LogP contribution in [0.15, 0.2) is 12.4 Å². The molecule has 0 saturated heterocycles. The van der Waals surface area contributed by atoms with E-state index in [1.807, 2.05) is 11.9 Å². The molecule has 1 heterocycles. The van der Waals surface area contributed by atoms with Crippen LogP contribution in [0.5, 0.6) is 0 Å². The zero-order valence-electron chi connectivity index (χ0n) is 7.57. The summed E-state index contributed by atoms with van der Waals surface area (Å²) in [5.41, 5.74) is 6.16. The molecule has 13 heavy (non-hydrogen) atoms. The molecule has 0 aromatic carbocycles. The molecule has 0 bridgehead atoms. The van der Waals surface area contributed by atoms with Crippen molar-refractivity contribution in [3.05, 3.63) is 18.1 Å². The molecule has 4 heteroatoms. The Hall–Kier alpha value is -1.60. The van der Waals surface area contributed by atoms with E-state index in [2.05, 4.69) is 15.9 Å². The Morgan fingerprint density at radius 2 is 2.31 bits per heavy atom. The molecule has 4 nitrogen and oxygen atoms in total. The summed E-state index contributed by atoms with van der Waals surface area (Å²) in [5.74, 6) is 3.29. The zero-order valence-corrected chi connectivity index (χ0v) is 7.57. The molecule has 0 saturated carbocycles. The third-order valence-corrected chi connectivity index (χ3v) is 1.62. The highest BCUT2D eigenvalue weighted by atomic mass is 15.2. The van der Waals surface area contributed by atoms with Gasteiger partial charge >= 0.3 is 0 Å². The molecule has 0 aliphatic carbocycles. The summed E-state index contributed by atoms with van der Waals surface area (Å²) in [7, 11) is 1.87. The van der Waals surface area contributed by atoms with E-state index in [4.69, 9.17) is 12.2 Å². The van der Waals surface area contributed by atoms with Gasteiger partial charge in [-0.1, -0.05) is 5.92 Å². The fraction of sp³-hybridized carbons (Fsp3) is 0.333. The number of terminal acetylenes is 1. The van der Waals surface area contributed by atoms with Crippen molar-refractivity contribution in [2.45, 2.75) is 6.54 Å². The van der Waals surface area contributed by atoms with Crippen LogP contribution in [0.2, 0.25) is 0 Å². The van der Waals surface area contributed by atoms with Crippen molar-refractivity contribution in [2.75, 3.05) is 18.5 Å². The number of hydrogen-bond donors (Lipinski definition) is 1. The van der Waals surface area contributed by atoms with Crippen LogP contribution in [0.25, 0.3) is 0 Å². The highest BCUT2D eigenvalue weighted by Crippen LogP contribution is 2.05. The molecule has 0 unspecified atom stereocenters. The van der Waals surface area contributed by atoms with Gasteiger partial charge in [-0.05, 0) is 0 Å². The molecule has 1 rings (SSSR count). The number of nitrogens with zero attached hydrogens (tertiary/aromatic N) is 3. The van der Waals surface area contributed by atoms with Gasteiger partial charge in [-0.15, -0.1) is 6.42 Å². The first-order valence-corrected chi connectivity index (χ1v) is 3.93. The maximum Gasteiger partial charge on any atom is 0.147 e. The molecule has 0 aliphatic rings. The minimum absolute atomic E-state index is 0.409. The van der Waals surface area contributed by atoms with Gasteiger partial charge < -0.3 is 10.6 Å². The predicted octanol–water partition coefficient (Wildman–Crippen LogP) is 0.00470. The Balaban J connectivity index is 2.74. The maximum absolute atomic E-state index is 5.39. The van der Waals surface area contributed by atoms with Crippen LogP contribution in [0, 0.1) is 12.3 Å². The summed E-state index contributed by atoms with van der Waals surface area (Å²) in [4.78, 5) is 10.1. The SMILES string of the molecule is C#CCN(C)c1cnc(CN)cn1. The van der Waals surface area contributed by atoms with Crippen LogP contribution < -0.4 is 10.6 Å². The highest BCUT2D eigenvalue weighted by molar-refractivity contribution is 5.36. The van der Waals surface area contributed by atoms with Gasteiger partial charge in [0.15, 0.2) is 0 Å². The largest absolute Gasteiger partial charge is 0.347 e.